The zero-order chi connectivity index (χ0) is 19.8. The molecule has 2 aromatic carbocycles. The number of anilines is 1. The smallest absolute Gasteiger partial charge is 0.272 e. The summed E-state index contributed by atoms with van der Waals surface area (Å²) in [5, 5.41) is 3.28. The first-order valence-electron chi connectivity index (χ1n) is 9.35. The second-order valence-corrected chi connectivity index (χ2v) is 7.42. The molecule has 28 heavy (non-hydrogen) atoms. The number of hydrogen-bond donors (Lipinski definition) is 2. The number of fused-ring (bicyclic) bond motifs is 1. The average Bonchev–Trinajstić information content (AvgIpc) is 3.14. The van der Waals surface area contributed by atoms with Crippen molar-refractivity contribution in [1.29, 1.82) is 0 Å². The van der Waals surface area contributed by atoms with E-state index in [1.165, 1.54) is 12.1 Å². The molecule has 1 atom stereocenters. The number of amides is 2. The van der Waals surface area contributed by atoms with Crippen LogP contribution in [0.1, 0.15) is 40.4 Å². The molecule has 2 heterocycles. The number of benzene rings is 2. The molecule has 2 amide bonds. The summed E-state index contributed by atoms with van der Waals surface area (Å²) in [6.45, 7) is 2.60. The van der Waals surface area contributed by atoms with Crippen molar-refractivity contribution in [1.82, 2.24) is 9.88 Å². The molecule has 1 aliphatic heterocycles. The van der Waals surface area contributed by atoms with Crippen LogP contribution in [-0.4, -0.2) is 35.3 Å². The quantitative estimate of drug-likeness (QED) is 0.716. The van der Waals surface area contributed by atoms with E-state index in [1.54, 1.807) is 11.0 Å². The van der Waals surface area contributed by atoms with Gasteiger partial charge in [-0.15, -0.1) is 0 Å². The number of aryl methyl sites for hydroxylation is 1. The van der Waals surface area contributed by atoms with Crippen molar-refractivity contribution in [2.45, 2.75) is 25.7 Å². The number of piperidine rings is 1. The Hall–Kier alpha value is -3.15. The second-order valence-electron chi connectivity index (χ2n) is 7.42. The number of carbonyl (C=O) groups excluding carboxylic acids is 2. The number of carbonyl (C=O) groups is 2. The fourth-order valence-corrected chi connectivity index (χ4v) is 3.74. The highest BCUT2D eigenvalue weighted by Crippen LogP contribution is 2.30. The highest BCUT2D eigenvalue weighted by molar-refractivity contribution is 6.06. The molecule has 0 bridgehead atoms. The minimum atomic E-state index is -0.357. The minimum absolute atomic E-state index is 0.140. The van der Waals surface area contributed by atoms with Crippen LogP contribution in [0.3, 0.4) is 0 Å². The molecule has 5 nitrogen and oxygen atoms in total. The molecule has 0 saturated carbocycles. The molecule has 1 aromatic heterocycles. The number of halogens is 1. The van der Waals surface area contributed by atoms with Crippen LogP contribution in [0, 0.1) is 12.7 Å². The first-order chi connectivity index (χ1) is 13.4. The Bertz CT molecular complexity index is 1030. The lowest BCUT2D eigenvalue weighted by molar-refractivity contribution is -0.132. The summed E-state index contributed by atoms with van der Waals surface area (Å²) in [5.74, 6) is -0.386. The van der Waals surface area contributed by atoms with Gasteiger partial charge in [0, 0.05) is 31.1 Å². The normalized spacial score (nSPS) is 17.2. The predicted molar refractivity (Wildman–Crippen MR) is 107 cm³/mol. The molecular weight excluding hydrogens is 357 g/mol. The summed E-state index contributed by atoms with van der Waals surface area (Å²) in [6, 6.07) is 12.2. The molecule has 0 radical (unpaired) electrons. The van der Waals surface area contributed by atoms with E-state index in [0.717, 1.165) is 24.1 Å². The Labute approximate surface area is 162 Å². The number of likely N-dealkylation sites (tertiary alicyclic amines) is 1. The fourth-order valence-electron chi connectivity index (χ4n) is 3.74. The highest BCUT2D eigenvalue weighted by Gasteiger charge is 2.24. The van der Waals surface area contributed by atoms with Crippen LogP contribution in [-0.2, 0) is 4.79 Å². The van der Waals surface area contributed by atoms with Crippen molar-refractivity contribution in [2.75, 3.05) is 18.9 Å². The third-order valence-corrected chi connectivity index (χ3v) is 5.47. The van der Waals surface area contributed by atoms with Crippen molar-refractivity contribution in [3.8, 4) is 0 Å². The van der Waals surface area contributed by atoms with Gasteiger partial charge in [0.25, 0.3) is 5.91 Å². The number of hydrogen-bond acceptors (Lipinski definition) is 2. The lowest BCUT2D eigenvalue weighted by atomic mass is 9.89. The molecule has 4 rings (SSSR count). The Kier molecular flexibility index (Phi) is 4.63. The van der Waals surface area contributed by atoms with Gasteiger partial charge in [-0.05, 0) is 54.7 Å². The molecule has 6 heteroatoms. The van der Waals surface area contributed by atoms with Crippen LogP contribution in [0.15, 0.2) is 42.5 Å². The molecule has 2 N–H and O–H groups in total. The van der Waals surface area contributed by atoms with E-state index < -0.39 is 0 Å². The van der Waals surface area contributed by atoms with E-state index in [1.807, 2.05) is 38.2 Å². The summed E-state index contributed by atoms with van der Waals surface area (Å²) < 4.78 is 14.0. The second kappa shape index (κ2) is 7.11. The molecule has 144 valence electrons. The Morgan fingerprint density at radius 2 is 2.07 bits per heavy atom. The standard InChI is InChI=1S/C22H22FN3O2/c1-13-6-7-18(23)17-12-19(25-21(13)17)22(28)24-16-5-3-4-14(10-16)15-8-9-26(2)20(27)11-15/h3-7,10,12,15,25H,8-9,11H2,1-2H3,(H,24,28). The maximum absolute atomic E-state index is 14.0. The average molecular weight is 379 g/mol. The lowest BCUT2D eigenvalue weighted by Gasteiger charge is -2.29. The number of nitrogens with zero attached hydrogens (tertiary/aromatic N) is 1. The Balaban J connectivity index is 1.55. The topological polar surface area (TPSA) is 65.2 Å². The molecule has 1 saturated heterocycles. The van der Waals surface area contributed by atoms with E-state index in [4.69, 9.17) is 0 Å². The van der Waals surface area contributed by atoms with Gasteiger partial charge >= 0.3 is 0 Å². The van der Waals surface area contributed by atoms with Crippen molar-refractivity contribution in [3.63, 3.8) is 0 Å². The molecule has 0 spiro atoms. The van der Waals surface area contributed by atoms with Crippen LogP contribution in [0.4, 0.5) is 10.1 Å². The SMILES string of the molecule is Cc1ccc(F)c2cc(C(=O)Nc3cccc(C4CCN(C)C(=O)C4)c3)[nH]c12. The lowest BCUT2D eigenvalue weighted by Crippen LogP contribution is -2.34. The predicted octanol–water partition coefficient (Wildman–Crippen LogP) is 4.20. The van der Waals surface area contributed by atoms with E-state index in [0.29, 0.717) is 28.7 Å². The third-order valence-electron chi connectivity index (χ3n) is 5.47. The number of H-pyrrole nitrogens is 1. The van der Waals surface area contributed by atoms with Gasteiger partial charge in [0.05, 0.1) is 5.52 Å². The Morgan fingerprint density at radius 3 is 2.82 bits per heavy atom. The van der Waals surface area contributed by atoms with Crippen LogP contribution in [0.5, 0.6) is 0 Å². The van der Waals surface area contributed by atoms with Gasteiger partial charge in [-0.1, -0.05) is 18.2 Å². The monoisotopic (exact) mass is 379 g/mol. The van der Waals surface area contributed by atoms with Gasteiger partial charge in [-0.2, -0.15) is 0 Å². The molecule has 1 fully saturated rings. The van der Waals surface area contributed by atoms with E-state index >= 15 is 0 Å². The third kappa shape index (κ3) is 3.38. The van der Waals surface area contributed by atoms with Crippen LogP contribution < -0.4 is 5.32 Å². The first kappa shape index (κ1) is 18.2. The van der Waals surface area contributed by atoms with Crippen molar-refractivity contribution < 1.29 is 14.0 Å². The number of nitrogens with one attached hydrogen (secondary N) is 2. The molecule has 1 unspecified atom stereocenters. The number of aromatic amines is 1. The van der Waals surface area contributed by atoms with Crippen LogP contribution >= 0.6 is 0 Å². The molecule has 0 aliphatic carbocycles. The number of rotatable bonds is 3. The van der Waals surface area contributed by atoms with Crippen molar-refractivity contribution >= 4 is 28.4 Å². The summed E-state index contributed by atoms with van der Waals surface area (Å²) in [5.41, 5.74) is 3.51. The van der Waals surface area contributed by atoms with Gasteiger partial charge in [0.2, 0.25) is 5.91 Å². The summed E-state index contributed by atoms with van der Waals surface area (Å²) in [4.78, 5) is 29.4. The molecular formula is C22H22FN3O2. The highest BCUT2D eigenvalue weighted by atomic mass is 19.1. The maximum atomic E-state index is 14.0. The molecule has 1 aliphatic rings. The van der Waals surface area contributed by atoms with Crippen molar-refractivity contribution in [3.05, 3.63) is 65.1 Å². The summed E-state index contributed by atoms with van der Waals surface area (Å²) in [7, 11) is 1.82. The first-order valence-corrected chi connectivity index (χ1v) is 9.35. The van der Waals surface area contributed by atoms with E-state index in [-0.39, 0.29) is 23.5 Å². The zero-order valence-corrected chi connectivity index (χ0v) is 15.9. The van der Waals surface area contributed by atoms with Gasteiger partial charge in [0.15, 0.2) is 0 Å². The van der Waals surface area contributed by atoms with Crippen LogP contribution in [0.2, 0.25) is 0 Å². The fraction of sp³-hybridized carbons (Fsp3) is 0.273. The summed E-state index contributed by atoms with van der Waals surface area (Å²) in [6.07, 6.45) is 1.38. The zero-order valence-electron chi connectivity index (χ0n) is 15.9. The van der Waals surface area contributed by atoms with Crippen molar-refractivity contribution in [2.24, 2.45) is 0 Å². The largest absolute Gasteiger partial charge is 0.350 e. The van der Waals surface area contributed by atoms with Crippen LogP contribution in [0.25, 0.3) is 10.9 Å². The van der Waals surface area contributed by atoms with Gasteiger partial charge in [0.1, 0.15) is 11.5 Å². The maximum Gasteiger partial charge on any atom is 0.272 e. The number of aromatic nitrogens is 1. The Morgan fingerprint density at radius 1 is 1.25 bits per heavy atom. The van der Waals surface area contributed by atoms with Gasteiger partial charge in [-0.25, -0.2) is 4.39 Å². The summed E-state index contributed by atoms with van der Waals surface area (Å²) >= 11 is 0. The minimum Gasteiger partial charge on any atom is -0.350 e. The van der Waals surface area contributed by atoms with Gasteiger partial charge < -0.3 is 15.2 Å². The van der Waals surface area contributed by atoms with E-state index in [2.05, 4.69) is 10.3 Å². The molecule has 3 aromatic rings. The van der Waals surface area contributed by atoms with Gasteiger partial charge in [-0.3, -0.25) is 9.59 Å². The van der Waals surface area contributed by atoms with E-state index in [9.17, 15) is 14.0 Å².